The highest BCUT2D eigenvalue weighted by atomic mass is 16.4. The fraction of sp³-hybridized carbons (Fsp3) is 0.786. The number of aliphatic carboxylic acids is 1. The molecule has 0 aromatic heterocycles. The summed E-state index contributed by atoms with van der Waals surface area (Å²) in [5, 5.41) is 11.7. The van der Waals surface area contributed by atoms with Gasteiger partial charge in [0.05, 0.1) is 0 Å². The van der Waals surface area contributed by atoms with E-state index in [1.165, 1.54) is 4.90 Å². The monoisotopic (exact) mass is 299 g/mol. The second-order valence-electron chi connectivity index (χ2n) is 5.63. The maximum Gasteiger partial charge on any atom is 0.326 e. The number of hydrogen-bond acceptors (Lipinski definition) is 3. The number of piperidine rings is 1. The topological polar surface area (TPSA) is 90.0 Å². The van der Waals surface area contributed by atoms with Crippen LogP contribution in [-0.4, -0.2) is 66.0 Å². The number of carboxylic acid groups (broad SMARTS) is 1. The van der Waals surface area contributed by atoms with E-state index in [0.717, 1.165) is 0 Å². The van der Waals surface area contributed by atoms with Crippen molar-refractivity contribution in [1.82, 2.24) is 15.1 Å². The van der Waals surface area contributed by atoms with Gasteiger partial charge in [0.25, 0.3) is 0 Å². The minimum atomic E-state index is -0.995. The molecule has 0 radical (unpaired) electrons. The van der Waals surface area contributed by atoms with Crippen molar-refractivity contribution in [3.63, 3.8) is 0 Å². The zero-order valence-corrected chi connectivity index (χ0v) is 13.0. The van der Waals surface area contributed by atoms with Gasteiger partial charge >= 0.3 is 12.0 Å². The van der Waals surface area contributed by atoms with Gasteiger partial charge in [0.2, 0.25) is 5.91 Å². The van der Waals surface area contributed by atoms with E-state index in [0.29, 0.717) is 38.8 Å². The first kappa shape index (κ1) is 17.3. The van der Waals surface area contributed by atoms with Gasteiger partial charge in [-0.1, -0.05) is 13.3 Å². The first-order valence-electron chi connectivity index (χ1n) is 7.36. The molecule has 2 N–H and O–H groups in total. The molecule has 0 aromatic rings. The molecule has 7 heteroatoms. The van der Waals surface area contributed by atoms with E-state index in [4.69, 9.17) is 5.11 Å². The molecule has 7 nitrogen and oxygen atoms in total. The molecule has 1 aliphatic heterocycles. The number of rotatable bonds is 5. The van der Waals surface area contributed by atoms with Crippen molar-refractivity contribution in [2.75, 3.05) is 27.2 Å². The fourth-order valence-electron chi connectivity index (χ4n) is 2.45. The van der Waals surface area contributed by atoms with Crippen molar-refractivity contribution in [1.29, 1.82) is 0 Å². The average molecular weight is 299 g/mol. The lowest BCUT2D eigenvalue weighted by atomic mass is 9.95. The molecule has 0 aliphatic carbocycles. The summed E-state index contributed by atoms with van der Waals surface area (Å²) in [5.74, 6) is -1.42. The predicted molar refractivity (Wildman–Crippen MR) is 77.9 cm³/mol. The molecule has 0 bridgehead atoms. The number of carbonyl (C=O) groups is 3. The van der Waals surface area contributed by atoms with Gasteiger partial charge in [0, 0.05) is 33.1 Å². The Hall–Kier alpha value is -1.79. The van der Waals surface area contributed by atoms with Gasteiger partial charge in [0.1, 0.15) is 6.04 Å². The van der Waals surface area contributed by atoms with Gasteiger partial charge in [-0.2, -0.15) is 0 Å². The van der Waals surface area contributed by atoms with E-state index < -0.39 is 12.0 Å². The van der Waals surface area contributed by atoms with Crippen LogP contribution in [0.2, 0.25) is 0 Å². The molecule has 1 atom stereocenters. The molecule has 1 fully saturated rings. The summed E-state index contributed by atoms with van der Waals surface area (Å²) < 4.78 is 0. The Morgan fingerprint density at radius 3 is 2.29 bits per heavy atom. The van der Waals surface area contributed by atoms with Gasteiger partial charge < -0.3 is 20.2 Å². The largest absolute Gasteiger partial charge is 0.480 e. The summed E-state index contributed by atoms with van der Waals surface area (Å²) in [6, 6.07) is -0.868. The zero-order chi connectivity index (χ0) is 16.0. The second kappa shape index (κ2) is 7.85. The van der Waals surface area contributed by atoms with Crippen molar-refractivity contribution < 1.29 is 19.5 Å². The van der Waals surface area contributed by atoms with Crippen LogP contribution in [0.3, 0.4) is 0 Å². The van der Waals surface area contributed by atoms with E-state index >= 15 is 0 Å². The first-order chi connectivity index (χ1) is 9.86. The van der Waals surface area contributed by atoms with E-state index in [1.807, 2.05) is 6.92 Å². The standard InChI is InChI=1S/C14H25N3O4/c1-4-5-11(13(19)20)15-12(18)10-6-8-17(9-7-10)14(21)16(2)3/h10-11H,4-9H2,1-3H3,(H,15,18)(H,19,20)/t11-/m0/s1. The molecule has 120 valence electrons. The van der Waals surface area contributed by atoms with Gasteiger partial charge in [-0.3, -0.25) is 4.79 Å². The Bertz CT molecular complexity index is 390. The Morgan fingerprint density at radius 2 is 1.86 bits per heavy atom. The van der Waals surface area contributed by atoms with Crippen molar-refractivity contribution in [3.05, 3.63) is 0 Å². The lowest BCUT2D eigenvalue weighted by Gasteiger charge is -2.33. The fourth-order valence-corrected chi connectivity index (χ4v) is 2.45. The molecule has 0 unspecified atom stereocenters. The highest BCUT2D eigenvalue weighted by Gasteiger charge is 2.30. The molecule has 1 heterocycles. The molecular formula is C14H25N3O4. The first-order valence-corrected chi connectivity index (χ1v) is 7.36. The molecule has 1 saturated heterocycles. The summed E-state index contributed by atoms with van der Waals surface area (Å²) in [5.41, 5.74) is 0. The van der Waals surface area contributed by atoms with Crippen molar-refractivity contribution in [2.24, 2.45) is 5.92 Å². The lowest BCUT2D eigenvalue weighted by molar-refractivity contribution is -0.142. The van der Waals surface area contributed by atoms with Crippen LogP contribution in [0.5, 0.6) is 0 Å². The van der Waals surface area contributed by atoms with Crippen LogP contribution >= 0.6 is 0 Å². The summed E-state index contributed by atoms with van der Waals surface area (Å²) in [6.07, 6.45) is 2.28. The number of nitrogens with zero attached hydrogens (tertiary/aromatic N) is 2. The van der Waals surface area contributed by atoms with Crippen LogP contribution in [0.1, 0.15) is 32.6 Å². The molecule has 1 aliphatic rings. The second-order valence-corrected chi connectivity index (χ2v) is 5.63. The number of amides is 3. The van der Waals surface area contributed by atoms with Gasteiger partial charge in [-0.15, -0.1) is 0 Å². The third-order valence-corrected chi connectivity index (χ3v) is 3.71. The Kier molecular flexibility index (Phi) is 6.45. The molecule has 3 amide bonds. The normalized spacial score (nSPS) is 17.2. The highest BCUT2D eigenvalue weighted by molar-refractivity contribution is 5.85. The van der Waals surface area contributed by atoms with Crippen LogP contribution < -0.4 is 5.32 Å². The molecule has 0 saturated carbocycles. The number of carbonyl (C=O) groups excluding carboxylic acids is 2. The Balaban J connectivity index is 2.48. The van der Waals surface area contributed by atoms with Crippen molar-refractivity contribution in [3.8, 4) is 0 Å². The minimum absolute atomic E-state index is 0.0525. The predicted octanol–water partition coefficient (Wildman–Crippen LogP) is 0.750. The number of nitrogens with one attached hydrogen (secondary N) is 1. The van der Waals surface area contributed by atoms with Gasteiger partial charge in [-0.25, -0.2) is 9.59 Å². The number of hydrogen-bond donors (Lipinski definition) is 2. The smallest absolute Gasteiger partial charge is 0.326 e. The van der Waals surface area contributed by atoms with Crippen LogP contribution in [0.4, 0.5) is 4.79 Å². The number of likely N-dealkylation sites (tertiary alicyclic amines) is 1. The summed E-state index contributed by atoms with van der Waals surface area (Å²) in [6.45, 7) is 2.94. The van der Waals surface area contributed by atoms with E-state index in [9.17, 15) is 14.4 Å². The SMILES string of the molecule is CCC[C@H](NC(=O)C1CCN(C(=O)N(C)C)CC1)C(=O)O. The third-order valence-electron chi connectivity index (χ3n) is 3.71. The van der Waals surface area contributed by atoms with Crippen molar-refractivity contribution in [2.45, 2.75) is 38.6 Å². The molecular weight excluding hydrogens is 274 g/mol. The van der Waals surface area contributed by atoms with Gasteiger partial charge in [0.15, 0.2) is 0 Å². The quantitative estimate of drug-likeness (QED) is 0.784. The lowest BCUT2D eigenvalue weighted by Crippen LogP contribution is -2.49. The summed E-state index contributed by atoms with van der Waals surface area (Å²) in [7, 11) is 3.40. The molecule has 0 spiro atoms. The minimum Gasteiger partial charge on any atom is -0.480 e. The summed E-state index contributed by atoms with van der Waals surface area (Å²) in [4.78, 5) is 38.2. The van der Waals surface area contributed by atoms with E-state index in [1.54, 1.807) is 19.0 Å². The molecule has 21 heavy (non-hydrogen) atoms. The van der Waals surface area contributed by atoms with Crippen LogP contribution in [-0.2, 0) is 9.59 Å². The maximum atomic E-state index is 12.1. The average Bonchev–Trinajstić information content (AvgIpc) is 2.45. The summed E-state index contributed by atoms with van der Waals surface area (Å²) >= 11 is 0. The Morgan fingerprint density at radius 1 is 1.29 bits per heavy atom. The number of carboxylic acids is 1. The van der Waals surface area contributed by atoms with Crippen LogP contribution in [0, 0.1) is 5.92 Å². The third kappa shape index (κ3) is 4.91. The van der Waals surface area contributed by atoms with E-state index in [2.05, 4.69) is 5.32 Å². The van der Waals surface area contributed by atoms with E-state index in [-0.39, 0.29) is 17.9 Å². The molecule has 0 aromatic carbocycles. The highest BCUT2D eigenvalue weighted by Crippen LogP contribution is 2.18. The van der Waals surface area contributed by atoms with Crippen LogP contribution in [0.25, 0.3) is 0 Å². The zero-order valence-electron chi connectivity index (χ0n) is 13.0. The Labute approximate surface area is 125 Å². The molecule has 1 rings (SSSR count). The van der Waals surface area contributed by atoms with Crippen molar-refractivity contribution >= 4 is 17.9 Å². The van der Waals surface area contributed by atoms with Gasteiger partial charge in [-0.05, 0) is 19.3 Å². The number of urea groups is 1. The van der Waals surface area contributed by atoms with Crippen LogP contribution in [0.15, 0.2) is 0 Å². The maximum absolute atomic E-state index is 12.1.